The molecule has 1 aromatic carbocycles. The smallest absolute Gasteiger partial charge is 0.345 e. The van der Waals surface area contributed by atoms with Gasteiger partial charge in [0.25, 0.3) is 5.69 Å². The lowest BCUT2D eigenvalue weighted by atomic mass is 10.00. The Kier molecular flexibility index (Phi) is 2.66. The molecule has 3 rings (SSSR count). The molecule has 1 unspecified atom stereocenters. The molecule has 1 aromatic rings. The maximum Gasteiger partial charge on any atom is 0.345 e. The lowest BCUT2D eigenvalue weighted by Crippen LogP contribution is -2.24. The van der Waals surface area contributed by atoms with Gasteiger partial charge in [0, 0.05) is 24.3 Å². The Balaban J connectivity index is 2.17. The summed E-state index contributed by atoms with van der Waals surface area (Å²) < 4.78 is 4.71. The number of anilines is 1. The van der Waals surface area contributed by atoms with Crippen LogP contribution in [0.15, 0.2) is 12.1 Å². The third kappa shape index (κ3) is 1.67. The number of fused-ring (bicyclic) bond motifs is 3. The highest BCUT2D eigenvalue weighted by molar-refractivity contribution is 5.98. The number of nitrogens with zero attached hydrogens (tertiary/aromatic N) is 2. The summed E-state index contributed by atoms with van der Waals surface area (Å²) >= 11 is 0. The zero-order valence-corrected chi connectivity index (χ0v) is 10.6. The zero-order valence-electron chi connectivity index (χ0n) is 10.6. The Bertz CT molecular complexity index is 570. The van der Waals surface area contributed by atoms with E-state index in [1.165, 1.54) is 13.2 Å². The molecule has 0 aromatic heterocycles. The van der Waals surface area contributed by atoms with Crippen LogP contribution in [0.1, 0.15) is 28.8 Å². The van der Waals surface area contributed by atoms with Crippen LogP contribution in [0, 0.1) is 10.1 Å². The lowest BCUT2D eigenvalue weighted by Gasteiger charge is -2.18. The summed E-state index contributed by atoms with van der Waals surface area (Å²) in [6.45, 7) is 0.954. The summed E-state index contributed by atoms with van der Waals surface area (Å²) in [5, 5.41) is 11.1. The van der Waals surface area contributed by atoms with E-state index in [0.717, 1.165) is 30.6 Å². The number of nitro groups is 1. The van der Waals surface area contributed by atoms with Crippen molar-refractivity contribution in [2.24, 2.45) is 0 Å². The summed E-state index contributed by atoms with van der Waals surface area (Å²) in [4.78, 5) is 24.7. The van der Waals surface area contributed by atoms with Crippen molar-refractivity contribution in [3.8, 4) is 0 Å². The van der Waals surface area contributed by atoms with Crippen LogP contribution in [0.2, 0.25) is 0 Å². The number of rotatable bonds is 2. The predicted octanol–water partition coefficient (Wildman–Crippen LogP) is 1.91. The van der Waals surface area contributed by atoms with E-state index in [2.05, 4.69) is 4.90 Å². The molecular weight excluding hydrogens is 248 g/mol. The molecule has 0 saturated carbocycles. The van der Waals surface area contributed by atoms with Crippen LogP contribution in [-0.2, 0) is 11.2 Å². The summed E-state index contributed by atoms with van der Waals surface area (Å²) in [7, 11) is 1.25. The maximum absolute atomic E-state index is 11.9. The topological polar surface area (TPSA) is 72.7 Å². The Hall–Kier alpha value is -2.11. The lowest BCUT2D eigenvalue weighted by molar-refractivity contribution is -0.385. The average Bonchev–Trinajstić information content (AvgIpc) is 2.96. The molecule has 6 heteroatoms. The summed E-state index contributed by atoms with van der Waals surface area (Å²) in [5.74, 6) is -0.621. The third-order valence-corrected chi connectivity index (χ3v) is 3.98. The largest absolute Gasteiger partial charge is 0.465 e. The number of carbonyl (C=O) groups is 1. The van der Waals surface area contributed by atoms with Gasteiger partial charge in [-0.25, -0.2) is 4.79 Å². The van der Waals surface area contributed by atoms with Crippen molar-refractivity contribution in [1.29, 1.82) is 0 Å². The van der Waals surface area contributed by atoms with Crippen LogP contribution >= 0.6 is 0 Å². The number of benzene rings is 1. The Labute approximate surface area is 110 Å². The second-order valence-electron chi connectivity index (χ2n) is 4.90. The third-order valence-electron chi connectivity index (χ3n) is 3.98. The molecule has 0 radical (unpaired) electrons. The van der Waals surface area contributed by atoms with Gasteiger partial charge in [0.1, 0.15) is 5.56 Å². The highest BCUT2D eigenvalue weighted by atomic mass is 16.6. The molecule has 0 spiro atoms. The van der Waals surface area contributed by atoms with E-state index >= 15 is 0 Å². The van der Waals surface area contributed by atoms with Gasteiger partial charge in [0.2, 0.25) is 0 Å². The van der Waals surface area contributed by atoms with Crippen LogP contribution in [0.5, 0.6) is 0 Å². The monoisotopic (exact) mass is 262 g/mol. The molecule has 2 aliphatic rings. The highest BCUT2D eigenvalue weighted by Gasteiger charge is 2.38. The average molecular weight is 262 g/mol. The van der Waals surface area contributed by atoms with Gasteiger partial charge in [0.05, 0.1) is 12.0 Å². The molecule has 6 nitrogen and oxygen atoms in total. The molecule has 1 fully saturated rings. The second-order valence-corrected chi connectivity index (χ2v) is 4.90. The molecule has 2 heterocycles. The first-order valence-corrected chi connectivity index (χ1v) is 6.28. The highest BCUT2D eigenvalue weighted by Crippen LogP contribution is 2.42. The van der Waals surface area contributed by atoms with Gasteiger partial charge < -0.3 is 9.64 Å². The van der Waals surface area contributed by atoms with E-state index in [1.54, 1.807) is 6.07 Å². The predicted molar refractivity (Wildman–Crippen MR) is 68.5 cm³/mol. The first-order chi connectivity index (χ1) is 9.13. The molecule has 1 saturated heterocycles. The van der Waals surface area contributed by atoms with Gasteiger partial charge >= 0.3 is 5.97 Å². The van der Waals surface area contributed by atoms with Crippen LogP contribution in [0.4, 0.5) is 11.4 Å². The minimum atomic E-state index is -0.621. The van der Waals surface area contributed by atoms with Crippen molar-refractivity contribution in [2.75, 3.05) is 18.6 Å². The summed E-state index contributed by atoms with van der Waals surface area (Å²) in [5.41, 5.74) is 1.69. The van der Waals surface area contributed by atoms with Gasteiger partial charge in [0.15, 0.2) is 0 Å². The van der Waals surface area contributed by atoms with Crippen molar-refractivity contribution in [1.82, 2.24) is 0 Å². The van der Waals surface area contributed by atoms with E-state index in [4.69, 9.17) is 4.74 Å². The van der Waals surface area contributed by atoms with Crippen molar-refractivity contribution in [2.45, 2.75) is 25.3 Å². The van der Waals surface area contributed by atoms with Crippen LogP contribution in [0.25, 0.3) is 0 Å². The van der Waals surface area contributed by atoms with Gasteiger partial charge in [-0.1, -0.05) is 0 Å². The fraction of sp³-hybridized carbons (Fsp3) is 0.462. The standard InChI is InChI=1S/C13H14N2O4/c1-19-13(16)12-9-7-8-3-2-6-14(8)10(9)4-5-11(12)15(17)18/h4-5,8H,2-3,6-7H2,1H3. The Morgan fingerprint density at radius 1 is 1.53 bits per heavy atom. The normalized spacial score (nSPS) is 20.1. The van der Waals surface area contributed by atoms with E-state index in [9.17, 15) is 14.9 Å². The number of hydrogen-bond acceptors (Lipinski definition) is 5. The maximum atomic E-state index is 11.9. The van der Waals surface area contributed by atoms with Gasteiger partial charge in [-0.2, -0.15) is 0 Å². The summed E-state index contributed by atoms with van der Waals surface area (Å²) in [6, 6.07) is 3.54. The SMILES string of the molecule is COC(=O)c1c([N+](=O)[O-])ccc2c1CC1CCCN21. The van der Waals surface area contributed by atoms with Crippen molar-refractivity contribution < 1.29 is 14.5 Å². The molecule has 0 bridgehead atoms. The molecule has 1 atom stereocenters. The van der Waals surface area contributed by atoms with E-state index < -0.39 is 10.9 Å². The number of hydrogen-bond donors (Lipinski definition) is 0. The molecule has 0 N–H and O–H groups in total. The quantitative estimate of drug-likeness (QED) is 0.462. The fourth-order valence-corrected chi connectivity index (χ4v) is 3.18. The van der Waals surface area contributed by atoms with Gasteiger partial charge in [-0.3, -0.25) is 10.1 Å². The van der Waals surface area contributed by atoms with Crippen LogP contribution < -0.4 is 4.90 Å². The van der Waals surface area contributed by atoms with Crippen molar-refractivity contribution >= 4 is 17.3 Å². The van der Waals surface area contributed by atoms with E-state index in [1.807, 2.05) is 0 Å². The van der Waals surface area contributed by atoms with Crippen LogP contribution in [0.3, 0.4) is 0 Å². The van der Waals surface area contributed by atoms with Crippen molar-refractivity contribution in [3.63, 3.8) is 0 Å². The number of nitro benzene ring substituents is 1. The Morgan fingerprint density at radius 3 is 3.00 bits per heavy atom. The number of ether oxygens (including phenoxy) is 1. The molecule has 100 valence electrons. The Morgan fingerprint density at radius 2 is 2.32 bits per heavy atom. The fourth-order valence-electron chi connectivity index (χ4n) is 3.18. The first kappa shape index (κ1) is 12.0. The molecule has 0 amide bonds. The molecule has 0 aliphatic carbocycles. The van der Waals surface area contributed by atoms with Crippen LogP contribution in [-0.4, -0.2) is 30.6 Å². The minimum Gasteiger partial charge on any atom is -0.465 e. The van der Waals surface area contributed by atoms with Gasteiger partial charge in [-0.05, 0) is 30.9 Å². The van der Waals surface area contributed by atoms with E-state index in [-0.39, 0.29) is 11.3 Å². The zero-order chi connectivity index (χ0) is 13.6. The first-order valence-electron chi connectivity index (χ1n) is 6.28. The van der Waals surface area contributed by atoms with E-state index in [0.29, 0.717) is 12.5 Å². The van der Waals surface area contributed by atoms with Crippen molar-refractivity contribution in [3.05, 3.63) is 33.4 Å². The molecule has 2 aliphatic heterocycles. The minimum absolute atomic E-state index is 0.124. The summed E-state index contributed by atoms with van der Waals surface area (Å²) in [6.07, 6.45) is 2.90. The molecular formula is C13H14N2O4. The molecule has 19 heavy (non-hydrogen) atoms. The number of methoxy groups -OCH3 is 1. The number of esters is 1. The number of carbonyl (C=O) groups excluding carboxylic acids is 1. The van der Waals surface area contributed by atoms with Gasteiger partial charge in [-0.15, -0.1) is 0 Å². The second kappa shape index (κ2) is 4.22.